The summed E-state index contributed by atoms with van der Waals surface area (Å²) < 4.78 is 41.2. The summed E-state index contributed by atoms with van der Waals surface area (Å²) in [4.78, 5) is 23.4. The average Bonchev–Trinajstić information content (AvgIpc) is 2.60. The van der Waals surface area contributed by atoms with Crippen molar-refractivity contribution >= 4 is 11.9 Å². The third-order valence-corrected chi connectivity index (χ3v) is 3.74. The smallest absolute Gasteiger partial charge is 0.480 e. The molecule has 0 aliphatic rings. The van der Waals surface area contributed by atoms with E-state index in [-0.39, 0.29) is 30.6 Å². The van der Waals surface area contributed by atoms with Crippen molar-refractivity contribution in [2.75, 3.05) is 0 Å². The van der Waals surface area contributed by atoms with E-state index in [1.165, 1.54) is 18.2 Å². The summed E-state index contributed by atoms with van der Waals surface area (Å²) in [5.41, 5.74) is 0.953. The molecule has 0 saturated carbocycles. The number of halogens is 3. The fraction of sp³-hybridized carbons (Fsp3) is 0.263. The Labute approximate surface area is 153 Å². The molecule has 0 saturated heterocycles. The molecular formula is C19H18F3NO4. The van der Waals surface area contributed by atoms with E-state index in [2.05, 4.69) is 10.1 Å². The number of amides is 1. The first-order chi connectivity index (χ1) is 12.7. The van der Waals surface area contributed by atoms with Crippen LogP contribution < -0.4 is 10.1 Å². The van der Waals surface area contributed by atoms with Gasteiger partial charge in [0.25, 0.3) is 0 Å². The van der Waals surface area contributed by atoms with E-state index in [1.54, 1.807) is 30.3 Å². The van der Waals surface area contributed by atoms with Crippen LogP contribution in [0.15, 0.2) is 54.6 Å². The molecule has 27 heavy (non-hydrogen) atoms. The van der Waals surface area contributed by atoms with Gasteiger partial charge in [-0.05, 0) is 23.6 Å². The first kappa shape index (κ1) is 20.3. The highest BCUT2D eigenvalue weighted by Gasteiger charge is 2.32. The molecule has 0 bridgehead atoms. The number of carbonyl (C=O) groups is 2. The molecule has 1 atom stereocenters. The fourth-order valence-corrected chi connectivity index (χ4v) is 2.50. The lowest BCUT2D eigenvalue weighted by Crippen LogP contribution is -2.42. The van der Waals surface area contributed by atoms with Crippen LogP contribution in [0.25, 0.3) is 0 Å². The molecule has 0 unspecified atom stereocenters. The van der Waals surface area contributed by atoms with E-state index in [4.69, 9.17) is 0 Å². The first-order valence-corrected chi connectivity index (χ1v) is 8.14. The van der Waals surface area contributed by atoms with E-state index in [0.29, 0.717) is 0 Å². The molecule has 1 amide bonds. The Morgan fingerprint density at radius 3 is 2.30 bits per heavy atom. The molecule has 0 aliphatic heterocycles. The lowest BCUT2D eigenvalue weighted by Gasteiger charge is -2.16. The zero-order valence-electron chi connectivity index (χ0n) is 14.2. The lowest BCUT2D eigenvalue weighted by atomic mass is 10.0. The number of nitrogens with one attached hydrogen (secondary N) is 1. The van der Waals surface area contributed by atoms with Gasteiger partial charge in [-0.2, -0.15) is 0 Å². The largest absolute Gasteiger partial charge is 0.573 e. The molecule has 0 aliphatic carbocycles. The first-order valence-electron chi connectivity index (χ1n) is 8.14. The molecule has 2 N–H and O–H groups in total. The summed E-state index contributed by atoms with van der Waals surface area (Å²) in [6.07, 6.45) is -4.91. The van der Waals surface area contributed by atoms with Gasteiger partial charge < -0.3 is 15.2 Å². The van der Waals surface area contributed by atoms with Gasteiger partial charge in [0.05, 0.1) is 0 Å². The third-order valence-electron chi connectivity index (χ3n) is 3.74. The highest BCUT2D eigenvalue weighted by molar-refractivity contribution is 5.83. The molecule has 0 aromatic heterocycles. The standard InChI is InChI=1S/C19H18F3NO4/c20-19(21,22)27-16-9-5-4-8-14(16)10-11-17(24)23-15(18(25)26)12-13-6-2-1-3-7-13/h1-9,15H,10-12H2,(H,23,24)(H,25,26)/t15-/m1/s1. The average molecular weight is 381 g/mol. The molecule has 5 nitrogen and oxygen atoms in total. The number of benzene rings is 2. The number of carboxylic acid groups (broad SMARTS) is 1. The van der Waals surface area contributed by atoms with E-state index in [1.807, 2.05) is 0 Å². The van der Waals surface area contributed by atoms with Crippen LogP contribution in [0, 0.1) is 0 Å². The summed E-state index contributed by atoms with van der Waals surface area (Å²) in [5, 5.41) is 11.7. The number of aliphatic carboxylic acids is 1. The number of para-hydroxylation sites is 1. The van der Waals surface area contributed by atoms with Crippen LogP contribution in [0.5, 0.6) is 5.75 Å². The number of carboxylic acids is 1. The molecular weight excluding hydrogens is 363 g/mol. The van der Waals surface area contributed by atoms with E-state index >= 15 is 0 Å². The Balaban J connectivity index is 1.96. The van der Waals surface area contributed by atoms with Crippen molar-refractivity contribution in [2.45, 2.75) is 31.7 Å². The second-order valence-electron chi connectivity index (χ2n) is 5.80. The molecule has 144 valence electrons. The fourth-order valence-electron chi connectivity index (χ4n) is 2.50. The summed E-state index contributed by atoms with van der Waals surface area (Å²) in [5.74, 6) is -2.13. The van der Waals surface area contributed by atoms with Crippen LogP contribution in [-0.2, 0) is 22.4 Å². The Morgan fingerprint density at radius 1 is 1.04 bits per heavy atom. The Bertz CT molecular complexity index is 778. The van der Waals surface area contributed by atoms with Crippen molar-refractivity contribution in [1.29, 1.82) is 0 Å². The quantitative estimate of drug-likeness (QED) is 0.736. The van der Waals surface area contributed by atoms with Gasteiger partial charge in [0, 0.05) is 12.8 Å². The number of alkyl halides is 3. The second-order valence-corrected chi connectivity index (χ2v) is 5.80. The topological polar surface area (TPSA) is 75.6 Å². The minimum Gasteiger partial charge on any atom is -0.480 e. The van der Waals surface area contributed by atoms with E-state index in [0.717, 1.165) is 11.6 Å². The zero-order chi connectivity index (χ0) is 19.9. The van der Waals surface area contributed by atoms with Crippen molar-refractivity contribution in [2.24, 2.45) is 0 Å². The molecule has 0 radical (unpaired) electrons. The van der Waals surface area contributed by atoms with E-state index in [9.17, 15) is 27.9 Å². The molecule has 2 rings (SSSR count). The zero-order valence-corrected chi connectivity index (χ0v) is 14.2. The molecule has 0 spiro atoms. The maximum atomic E-state index is 12.4. The molecule has 8 heteroatoms. The summed E-state index contributed by atoms with van der Waals surface area (Å²) in [6, 6.07) is 13.2. The maximum Gasteiger partial charge on any atom is 0.573 e. The Hall–Kier alpha value is -3.03. The highest BCUT2D eigenvalue weighted by atomic mass is 19.4. The van der Waals surface area contributed by atoms with Gasteiger partial charge in [0.2, 0.25) is 5.91 Å². The van der Waals surface area contributed by atoms with Gasteiger partial charge in [-0.25, -0.2) is 4.79 Å². The second kappa shape index (κ2) is 9.07. The van der Waals surface area contributed by atoms with Gasteiger partial charge in [0.1, 0.15) is 11.8 Å². The number of hydrogen-bond donors (Lipinski definition) is 2. The van der Waals surface area contributed by atoms with E-state index < -0.39 is 24.3 Å². The summed E-state index contributed by atoms with van der Waals surface area (Å²) in [6.45, 7) is 0. The highest BCUT2D eigenvalue weighted by Crippen LogP contribution is 2.27. The normalized spacial score (nSPS) is 12.3. The van der Waals surface area contributed by atoms with Gasteiger partial charge in [-0.3, -0.25) is 4.79 Å². The number of hydrogen-bond acceptors (Lipinski definition) is 3. The summed E-state index contributed by atoms with van der Waals surface area (Å²) >= 11 is 0. The Kier molecular flexibility index (Phi) is 6.81. The van der Waals surface area contributed by atoms with Crippen LogP contribution in [0.4, 0.5) is 13.2 Å². The predicted molar refractivity (Wildman–Crippen MR) is 91.2 cm³/mol. The van der Waals surface area contributed by atoms with Gasteiger partial charge in [-0.1, -0.05) is 48.5 Å². The molecule has 0 heterocycles. The minimum absolute atomic E-state index is 0.0181. The van der Waals surface area contributed by atoms with Crippen LogP contribution in [-0.4, -0.2) is 29.4 Å². The van der Waals surface area contributed by atoms with Crippen LogP contribution in [0.2, 0.25) is 0 Å². The van der Waals surface area contributed by atoms with Crippen molar-refractivity contribution in [1.82, 2.24) is 5.32 Å². The SMILES string of the molecule is O=C(CCc1ccccc1OC(F)(F)F)N[C@H](Cc1ccccc1)C(=O)O. The molecule has 0 fully saturated rings. The van der Waals surface area contributed by atoms with Crippen LogP contribution in [0.3, 0.4) is 0 Å². The van der Waals surface area contributed by atoms with Gasteiger partial charge >= 0.3 is 12.3 Å². The van der Waals surface area contributed by atoms with Crippen LogP contribution >= 0.6 is 0 Å². The van der Waals surface area contributed by atoms with Crippen molar-refractivity contribution < 1.29 is 32.6 Å². The number of carbonyl (C=O) groups excluding carboxylic acids is 1. The monoisotopic (exact) mass is 381 g/mol. The maximum absolute atomic E-state index is 12.4. The molecule has 2 aromatic rings. The van der Waals surface area contributed by atoms with Gasteiger partial charge in [0.15, 0.2) is 0 Å². The van der Waals surface area contributed by atoms with Crippen LogP contribution in [0.1, 0.15) is 17.5 Å². The lowest BCUT2D eigenvalue weighted by molar-refractivity contribution is -0.274. The predicted octanol–water partition coefficient (Wildman–Crippen LogP) is 3.33. The van der Waals surface area contributed by atoms with Crippen molar-refractivity contribution in [3.63, 3.8) is 0 Å². The number of aryl methyl sites for hydroxylation is 1. The minimum atomic E-state index is -4.83. The Morgan fingerprint density at radius 2 is 1.67 bits per heavy atom. The number of rotatable bonds is 8. The molecule has 2 aromatic carbocycles. The van der Waals surface area contributed by atoms with Crippen molar-refractivity contribution in [3.05, 3.63) is 65.7 Å². The summed E-state index contributed by atoms with van der Waals surface area (Å²) in [7, 11) is 0. The van der Waals surface area contributed by atoms with Gasteiger partial charge in [-0.15, -0.1) is 13.2 Å². The van der Waals surface area contributed by atoms with Crippen molar-refractivity contribution in [3.8, 4) is 5.75 Å². The third kappa shape index (κ3) is 7.01. The number of ether oxygens (including phenoxy) is 1.